The fourth-order valence-corrected chi connectivity index (χ4v) is 3.94. The molecule has 1 aliphatic carbocycles. The summed E-state index contributed by atoms with van der Waals surface area (Å²) in [5.41, 5.74) is 0.636. The molecule has 1 aliphatic rings. The van der Waals surface area contributed by atoms with E-state index in [-0.39, 0.29) is 10.3 Å². The number of aryl methyl sites for hydroxylation is 1. The highest BCUT2D eigenvalue weighted by Gasteiger charge is 2.29. The molecule has 8 heteroatoms. The van der Waals surface area contributed by atoms with Crippen LogP contribution in [0.4, 0.5) is 0 Å². The lowest BCUT2D eigenvalue weighted by Crippen LogP contribution is -2.24. The molecule has 0 unspecified atom stereocenters. The first kappa shape index (κ1) is 11.8. The lowest BCUT2D eigenvalue weighted by Gasteiger charge is -2.00. The van der Waals surface area contributed by atoms with E-state index < -0.39 is 10.0 Å². The number of aromatic nitrogens is 2. The predicted octanol–water partition coefficient (Wildman–Crippen LogP) is 1.55. The molecule has 0 bridgehead atoms. The average molecular weight is 285 g/mol. The molecular weight excluding hydrogens is 274 g/mol. The van der Waals surface area contributed by atoms with Crippen LogP contribution >= 0.6 is 11.3 Å². The fraction of sp³-hybridized carbons (Fsp3) is 0.400. The van der Waals surface area contributed by atoms with Gasteiger partial charge in [0.1, 0.15) is 4.21 Å². The monoisotopic (exact) mass is 285 g/mol. The van der Waals surface area contributed by atoms with Gasteiger partial charge in [-0.05, 0) is 18.9 Å². The van der Waals surface area contributed by atoms with E-state index in [9.17, 15) is 8.42 Å². The molecule has 0 radical (unpaired) electrons. The van der Waals surface area contributed by atoms with Crippen molar-refractivity contribution in [2.24, 2.45) is 0 Å². The summed E-state index contributed by atoms with van der Waals surface area (Å²) in [5, 5.41) is 9.28. The number of nitrogens with one attached hydrogen (secondary N) is 1. The van der Waals surface area contributed by atoms with Gasteiger partial charge in [-0.3, -0.25) is 0 Å². The second-order valence-corrected chi connectivity index (χ2v) is 7.03. The van der Waals surface area contributed by atoms with Crippen molar-refractivity contribution >= 4 is 21.4 Å². The maximum absolute atomic E-state index is 12.0. The van der Waals surface area contributed by atoms with E-state index in [1.54, 1.807) is 18.4 Å². The fourth-order valence-electron chi connectivity index (χ4n) is 1.46. The Bertz CT molecular complexity index is 670. The molecule has 2 aromatic rings. The van der Waals surface area contributed by atoms with E-state index in [1.165, 1.54) is 0 Å². The number of rotatable bonds is 4. The number of hydrogen-bond acceptors (Lipinski definition) is 6. The Morgan fingerprint density at radius 1 is 1.44 bits per heavy atom. The summed E-state index contributed by atoms with van der Waals surface area (Å²) >= 11 is 1.15. The van der Waals surface area contributed by atoms with Crippen LogP contribution in [0.25, 0.3) is 11.5 Å². The van der Waals surface area contributed by atoms with Crippen molar-refractivity contribution in [3.8, 4) is 11.5 Å². The quantitative estimate of drug-likeness (QED) is 0.921. The van der Waals surface area contributed by atoms with Crippen LogP contribution in [0.5, 0.6) is 0 Å². The first-order chi connectivity index (χ1) is 8.54. The molecule has 1 fully saturated rings. The molecule has 2 aromatic heterocycles. The van der Waals surface area contributed by atoms with Crippen LogP contribution in [-0.2, 0) is 10.0 Å². The summed E-state index contributed by atoms with van der Waals surface area (Å²) in [6.07, 6.45) is 1.83. The van der Waals surface area contributed by atoms with Crippen LogP contribution in [0, 0.1) is 6.92 Å². The molecule has 3 rings (SSSR count). The molecule has 0 amide bonds. The van der Waals surface area contributed by atoms with E-state index in [2.05, 4.69) is 14.9 Å². The molecule has 0 atom stereocenters. The highest BCUT2D eigenvalue weighted by Crippen LogP contribution is 2.29. The summed E-state index contributed by atoms with van der Waals surface area (Å²) in [6, 6.07) is 1.66. The summed E-state index contributed by atoms with van der Waals surface area (Å²) in [6.45, 7) is 1.69. The third-order valence-corrected chi connectivity index (χ3v) is 5.47. The SMILES string of the molecule is Cc1nnc(-c2csc(S(=O)(=O)NC3CC3)c2)o1. The van der Waals surface area contributed by atoms with Crippen LogP contribution in [0.2, 0.25) is 0 Å². The smallest absolute Gasteiger partial charge is 0.250 e. The largest absolute Gasteiger partial charge is 0.421 e. The summed E-state index contributed by atoms with van der Waals surface area (Å²) in [7, 11) is -3.40. The Kier molecular flexibility index (Phi) is 2.72. The highest BCUT2D eigenvalue weighted by atomic mass is 32.2. The molecule has 0 aromatic carbocycles. The van der Waals surface area contributed by atoms with Crippen LogP contribution in [0.1, 0.15) is 18.7 Å². The van der Waals surface area contributed by atoms with Gasteiger partial charge in [-0.2, -0.15) is 0 Å². The molecule has 0 saturated heterocycles. The van der Waals surface area contributed by atoms with Crippen LogP contribution < -0.4 is 4.72 Å². The van der Waals surface area contributed by atoms with Crippen LogP contribution in [0.3, 0.4) is 0 Å². The van der Waals surface area contributed by atoms with Gasteiger partial charge in [-0.1, -0.05) is 0 Å². The second-order valence-electron chi connectivity index (χ2n) is 4.18. The van der Waals surface area contributed by atoms with Crippen LogP contribution in [-0.4, -0.2) is 24.7 Å². The number of nitrogens with zero attached hydrogens (tertiary/aromatic N) is 2. The van der Waals surface area contributed by atoms with Gasteiger partial charge in [0.05, 0.1) is 5.56 Å². The van der Waals surface area contributed by atoms with E-state index in [0.29, 0.717) is 17.3 Å². The second kappa shape index (κ2) is 4.15. The maximum Gasteiger partial charge on any atom is 0.250 e. The minimum Gasteiger partial charge on any atom is -0.421 e. The standard InChI is InChI=1S/C10H11N3O3S2/c1-6-11-12-10(16-6)7-4-9(17-5-7)18(14,15)13-8-2-3-8/h4-5,8,13H,2-3H2,1H3. The molecule has 96 valence electrons. The van der Waals surface area contributed by atoms with Crippen molar-refractivity contribution in [1.29, 1.82) is 0 Å². The zero-order valence-electron chi connectivity index (χ0n) is 9.58. The minimum atomic E-state index is -3.40. The zero-order chi connectivity index (χ0) is 12.8. The first-order valence-corrected chi connectivity index (χ1v) is 7.82. The van der Waals surface area contributed by atoms with E-state index in [0.717, 1.165) is 24.2 Å². The van der Waals surface area contributed by atoms with E-state index >= 15 is 0 Å². The van der Waals surface area contributed by atoms with Crippen LogP contribution in [0.15, 0.2) is 20.1 Å². The van der Waals surface area contributed by atoms with Crippen molar-refractivity contribution in [2.45, 2.75) is 30.0 Å². The molecule has 1 saturated carbocycles. The molecule has 1 N–H and O–H groups in total. The molecule has 2 heterocycles. The summed E-state index contributed by atoms with van der Waals surface area (Å²) < 4.78 is 32.1. The lowest BCUT2D eigenvalue weighted by molar-refractivity contribution is 0.533. The Morgan fingerprint density at radius 2 is 2.22 bits per heavy atom. The predicted molar refractivity (Wildman–Crippen MR) is 65.7 cm³/mol. The summed E-state index contributed by atoms with van der Waals surface area (Å²) in [5.74, 6) is 0.799. The van der Waals surface area contributed by atoms with Gasteiger partial charge < -0.3 is 4.42 Å². The number of hydrogen-bond donors (Lipinski definition) is 1. The number of thiophene rings is 1. The van der Waals surface area contributed by atoms with Crippen molar-refractivity contribution in [2.75, 3.05) is 0 Å². The lowest BCUT2D eigenvalue weighted by atomic mass is 10.3. The van der Waals surface area contributed by atoms with Crippen molar-refractivity contribution in [1.82, 2.24) is 14.9 Å². The van der Waals surface area contributed by atoms with E-state index in [4.69, 9.17) is 4.42 Å². The normalized spacial score (nSPS) is 16.1. The van der Waals surface area contributed by atoms with Gasteiger partial charge >= 0.3 is 0 Å². The van der Waals surface area contributed by atoms with Gasteiger partial charge in [0.2, 0.25) is 21.8 Å². The number of sulfonamides is 1. The third-order valence-electron chi connectivity index (χ3n) is 2.51. The zero-order valence-corrected chi connectivity index (χ0v) is 11.2. The molecule has 0 aliphatic heterocycles. The molecule has 18 heavy (non-hydrogen) atoms. The van der Waals surface area contributed by atoms with Gasteiger partial charge in [0, 0.05) is 18.3 Å². The summed E-state index contributed by atoms with van der Waals surface area (Å²) in [4.78, 5) is 0. The Morgan fingerprint density at radius 3 is 2.83 bits per heavy atom. The first-order valence-electron chi connectivity index (χ1n) is 5.46. The maximum atomic E-state index is 12.0. The topological polar surface area (TPSA) is 85.1 Å². The van der Waals surface area contributed by atoms with Crippen molar-refractivity contribution in [3.05, 3.63) is 17.3 Å². The Labute approximate surface area is 108 Å². The van der Waals surface area contributed by atoms with Crippen molar-refractivity contribution < 1.29 is 12.8 Å². The Balaban J connectivity index is 1.89. The van der Waals surface area contributed by atoms with Gasteiger partial charge in [-0.15, -0.1) is 21.5 Å². The highest BCUT2D eigenvalue weighted by molar-refractivity contribution is 7.91. The molecular formula is C10H11N3O3S2. The van der Waals surface area contributed by atoms with E-state index in [1.807, 2.05) is 0 Å². The van der Waals surface area contributed by atoms with Gasteiger partial charge in [0.15, 0.2) is 0 Å². The van der Waals surface area contributed by atoms with Crippen molar-refractivity contribution in [3.63, 3.8) is 0 Å². The third kappa shape index (κ3) is 2.31. The van der Waals surface area contributed by atoms with Gasteiger partial charge in [-0.25, -0.2) is 13.1 Å². The minimum absolute atomic E-state index is 0.103. The molecule has 0 spiro atoms. The van der Waals surface area contributed by atoms with Gasteiger partial charge in [0.25, 0.3) is 0 Å². The average Bonchev–Trinajstić information content (AvgIpc) is 2.82. The molecule has 6 nitrogen and oxygen atoms in total. The Hall–Kier alpha value is -1.25.